The molecule has 7 heteroatoms. The lowest BCUT2D eigenvalue weighted by Gasteiger charge is -2.34. The van der Waals surface area contributed by atoms with Gasteiger partial charge in [-0.3, -0.25) is 0 Å². The molecule has 116 valence electrons. The van der Waals surface area contributed by atoms with Crippen LogP contribution >= 0.6 is 0 Å². The number of aliphatic hydroxyl groups excluding tert-OH is 1. The van der Waals surface area contributed by atoms with E-state index in [1.165, 1.54) is 0 Å². The zero-order chi connectivity index (χ0) is 15.1. The SMILES string of the molecule is CC(O)CCN(C)C(=O)N1CCC(OCC(=O)O)CC1. The first kappa shape index (κ1) is 16.7. The molecule has 1 fully saturated rings. The number of urea groups is 1. The molecule has 1 saturated heterocycles. The normalized spacial score (nSPS) is 17.9. The Labute approximate surface area is 119 Å². The maximum absolute atomic E-state index is 12.1. The Kier molecular flexibility index (Phi) is 6.74. The minimum absolute atomic E-state index is 0.0534. The number of carbonyl (C=O) groups is 2. The molecule has 0 bridgehead atoms. The van der Waals surface area contributed by atoms with Gasteiger partial charge in [0.05, 0.1) is 12.2 Å². The van der Waals surface area contributed by atoms with E-state index in [9.17, 15) is 14.7 Å². The Morgan fingerprint density at radius 1 is 1.40 bits per heavy atom. The second-order valence-electron chi connectivity index (χ2n) is 5.23. The van der Waals surface area contributed by atoms with Crippen molar-refractivity contribution in [2.75, 3.05) is 33.3 Å². The molecule has 0 spiro atoms. The highest BCUT2D eigenvalue weighted by molar-refractivity contribution is 5.74. The molecule has 0 aromatic carbocycles. The maximum Gasteiger partial charge on any atom is 0.329 e. The number of hydrogen-bond donors (Lipinski definition) is 2. The molecule has 1 heterocycles. The summed E-state index contributed by atoms with van der Waals surface area (Å²) in [5.41, 5.74) is 0. The van der Waals surface area contributed by atoms with E-state index in [2.05, 4.69) is 0 Å². The Morgan fingerprint density at radius 3 is 2.50 bits per heavy atom. The summed E-state index contributed by atoms with van der Waals surface area (Å²) >= 11 is 0. The van der Waals surface area contributed by atoms with Gasteiger partial charge in [-0.1, -0.05) is 0 Å². The van der Waals surface area contributed by atoms with E-state index in [1.54, 1.807) is 23.8 Å². The predicted octanol–water partition coefficient (Wildman–Crippen LogP) is 0.375. The number of amides is 2. The number of carbonyl (C=O) groups excluding carboxylic acids is 1. The van der Waals surface area contributed by atoms with Crippen molar-refractivity contribution in [3.8, 4) is 0 Å². The average Bonchev–Trinajstić information content (AvgIpc) is 2.42. The van der Waals surface area contributed by atoms with Crippen LogP contribution in [0.25, 0.3) is 0 Å². The zero-order valence-electron chi connectivity index (χ0n) is 12.1. The molecule has 1 rings (SSSR count). The standard InChI is InChI=1S/C13H24N2O5/c1-10(16)3-6-14(2)13(19)15-7-4-11(5-8-15)20-9-12(17)18/h10-11,16H,3-9H2,1-2H3,(H,17,18). The Bertz CT molecular complexity index is 327. The number of piperidine rings is 1. The molecule has 1 atom stereocenters. The van der Waals surface area contributed by atoms with Crippen molar-refractivity contribution in [1.82, 2.24) is 9.80 Å². The van der Waals surface area contributed by atoms with Crippen LogP contribution in [0.15, 0.2) is 0 Å². The summed E-state index contributed by atoms with van der Waals surface area (Å²) in [6.07, 6.45) is 1.37. The van der Waals surface area contributed by atoms with Crippen molar-refractivity contribution < 1.29 is 24.5 Å². The van der Waals surface area contributed by atoms with Gasteiger partial charge >= 0.3 is 12.0 Å². The second-order valence-corrected chi connectivity index (χ2v) is 5.23. The molecule has 0 saturated carbocycles. The summed E-state index contributed by atoms with van der Waals surface area (Å²) in [7, 11) is 1.72. The minimum atomic E-state index is -0.971. The number of rotatable bonds is 6. The molecule has 7 nitrogen and oxygen atoms in total. The molecule has 0 radical (unpaired) electrons. The van der Waals surface area contributed by atoms with Crippen LogP contribution in [0.1, 0.15) is 26.2 Å². The monoisotopic (exact) mass is 288 g/mol. The van der Waals surface area contributed by atoms with Crippen molar-refractivity contribution in [3.63, 3.8) is 0 Å². The molecule has 1 aliphatic rings. The lowest BCUT2D eigenvalue weighted by molar-refractivity contribution is -0.145. The van der Waals surface area contributed by atoms with Crippen LogP contribution in [-0.2, 0) is 9.53 Å². The Hall–Kier alpha value is -1.34. The summed E-state index contributed by atoms with van der Waals surface area (Å²) in [6.45, 7) is 3.08. The lowest BCUT2D eigenvalue weighted by atomic mass is 10.1. The summed E-state index contributed by atoms with van der Waals surface area (Å²) in [5, 5.41) is 17.8. The molecular weight excluding hydrogens is 264 g/mol. The highest BCUT2D eigenvalue weighted by atomic mass is 16.5. The topological polar surface area (TPSA) is 90.3 Å². The molecule has 20 heavy (non-hydrogen) atoms. The van der Waals surface area contributed by atoms with Gasteiger partial charge in [-0.2, -0.15) is 0 Å². The van der Waals surface area contributed by atoms with Gasteiger partial charge in [0, 0.05) is 26.7 Å². The number of hydrogen-bond acceptors (Lipinski definition) is 4. The predicted molar refractivity (Wildman–Crippen MR) is 72.5 cm³/mol. The Balaban J connectivity index is 2.29. The number of aliphatic hydroxyl groups is 1. The van der Waals surface area contributed by atoms with Crippen molar-refractivity contribution in [3.05, 3.63) is 0 Å². The van der Waals surface area contributed by atoms with E-state index in [0.717, 1.165) is 0 Å². The molecule has 0 aliphatic carbocycles. The summed E-state index contributed by atoms with van der Waals surface area (Å²) in [6, 6.07) is -0.0534. The smallest absolute Gasteiger partial charge is 0.329 e. The van der Waals surface area contributed by atoms with Crippen LogP contribution in [0.5, 0.6) is 0 Å². The van der Waals surface area contributed by atoms with Crippen LogP contribution in [0, 0.1) is 0 Å². The van der Waals surface area contributed by atoms with Crippen LogP contribution in [0.2, 0.25) is 0 Å². The molecule has 1 aliphatic heterocycles. The molecular formula is C13H24N2O5. The third-order valence-electron chi connectivity index (χ3n) is 3.36. The summed E-state index contributed by atoms with van der Waals surface area (Å²) < 4.78 is 5.23. The summed E-state index contributed by atoms with van der Waals surface area (Å²) in [5.74, 6) is -0.971. The molecule has 2 N–H and O–H groups in total. The number of likely N-dealkylation sites (tertiary alicyclic amines) is 1. The van der Waals surface area contributed by atoms with Crippen molar-refractivity contribution in [1.29, 1.82) is 0 Å². The number of aliphatic carboxylic acids is 1. The zero-order valence-corrected chi connectivity index (χ0v) is 12.1. The van der Waals surface area contributed by atoms with Crippen molar-refractivity contribution in [2.24, 2.45) is 0 Å². The fourth-order valence-corrected chi connectivity index (χ4v) is 2.12. The van der Waals surface area contributed by atoms with Crippen LogP contribution in [0.4, 0.5) is 4.79 Å². The second kappa shape index (κ2) is 8.06. The maximum atomic E-state index is 12.1. The van der Waals surface area contributed by atoms with Gasteiger partial charge < -0.3 is 24.7 Å². The Morgan fingerprint density at radius 2 is 2.00 bits per heavy atom. The average molecular weight is 288 g/mol. The van der Waals surface area contributed by atoms with E-state index in [1.807, 2.05) is 0 Å². The first-order chi connectivity index (χ1) is 9.40. The molecule has 0 aromatic rings. The van der Waals surface area contributed by atoms with E-state index < -0.39 is 12.1 Å². The van der Waals surface area contributed by atoms with E-state index in [4.69, 9.17) is 9.84 Å². The number of nitrogens with zero attached hydrogens (tertiary/aromatic N) is 2. The number of carboxylic acid groups (broad SMARTS) is 1. The van der Waals surface area contributed by atoms with Crippen molar-refractivity contribution in [2.45, 2.75) is 38.4 Å². The molecule has 2 amide bonds. The van der Waals surface area contributed by atoms with E-state index >= 15 is 0 Å². The van der Waals surface area contributed by atoms with E-state index in [-0.39, 0.29) is 18.7 Å². The first-order valence-corrected chi connectivity index (χ1v) is 6.91. The minimum Gasteiger partial charge on any atom is -0.480 e. The third kappa shape index (κ3) is 5.75. The number of ether oxygens (including phenoxy) is 1. The van der Waals surface area contributed by atoms with E-state index in [0.29, 0.717) is 38.9 Å². The van der Waals surface area contributed by atoms with Gasteiger partial charge in [0.15, 0.2) is 0 Å². The third-order valence-corrected chi connectivity index (χ3v) is 3.36. The quantitative estimate of drug-likeness (QED) is 0.737. The fourth-order valence-electron chi connectivity index (χ4n) is 2.12. The molecule has 1 unspecified atom stereocenters. The van der Waals surface area contributed by atoms with Crippen LogP contribution < -0.4 is 0 Å². The number of carboxylic acids is 1. The van der Waals surface area contributed by atoms with Gasteiger partial charge in [0.1, 0.15) is 6.61 Å². The van der Waals surface area contributed by atoms with Gasteiger partial charge in [-0.25, -0.2) is 9.59 Å². The van der Waals surface area contributed by atoms with Crippen LogP contribution in [0.3, 0.4) is 0 Å². The fraction of sp³-hybridized carbons (Fsp3) is 0.846. The van der Waals surface area contributed by atoms with Crippen LogP contribution in [-0.4, -0.2) is 77.5 Å². The van der Waals surface area contributed by atoms with Gasteiger partial charge in [-0.15, -0.1) is 0 Å². The highest BCUT2D eigenvalue weighted by Gasteiger charge is 2.25. The lowest BCUT2D eigenvalue weighted by Crippen LogP contribution is -2.47. The largest absolute Gasteiger partial charge is 0.480 e. The van der Waals surface area contributed by atoms with Gasteiger partial charge in [0.2, 0.25) is 0 Å². The highest BCUT2D eigenvalue weighted by Crippen LogP contribution is 2.15. The summed E-state index contributed by atoms with van der Waals surface area (Å²) in [4.78, 5) is 25.9. The van der Waals surface area contributed by atoms with Crippen molar-refractivity contribution >= 4 is 12.0 Å². The first-order valence-electron chi connectivity index (χ1n) is 6.91. The molecule has 0 aromatic heterocycles. The van der Waals surface area contributed by atoms with Gasteiger partial charge in [-0.05, 0) is 26.2 Å². The van der Waals surface area contributed by atoms with Gasteiger partial charge in [0.25, 0.3) is 0 Å².